The number of piperidine rings is 1. The molecule has 4 rings (SSSR count). The van der Waals surface area contributed by atoms with Crippen molar-refractivity contribution in [1.82, 2.24) is 9.91 Å². The maximum Gasteiger partial charge on any atom is 0.323 e. The van der Waals surface area contributed by atoms with Crippen LogP contribution in [0.1, 0.15) is 60.9 Å². The first kappa shape index (κ1) is 24.9. The molecule has 1 fully saturated rings. The molecule has 35 heavy (non-hydrogen) atoms. The van der Waals surface area contributed by atoms with Crippen LogP contribution in [-0.4, -0.2) is 60.3 Å². The summed E-state index contributed by atoms with van der Waals surface area (Å²) >= 11 is 0. The lowest BCUT2D eigenvalue weighted by atomic mass is 9.94. The Bertz CT molecular complexity index is 1110. The van der Waals surface area contributed by atoms with Gasteiger partial charge >= 0.3 is 5.97 Å². The van der Waals surface area contributed by atoms with Gasteiger partial charge in [-0.1, -0.05) is 42.3 Å². The Kier molecular flexibility index (Phi) is 7.86. The maximum absolute atomic E-state index is 13.7. The molecule has 2 aliphatic heterocycles. The van der Waals surface area contributed by atoms with E-state index in [0.29, 0.717) is 26.0 Å². The van der Waals surface area contributed by atoms with Crippen molar-refractivity contribution in [2.24, 2.45) is 5.10 Å². The molecule has 0 aromatic heterocycles. The largest absolute Gasteiger partial charge is 0.496 e. The molecule has 0 unspecified atom stereocenters. The van der Waals surface area contributed by atoms with Gasteiger partial charge in [0.15, 0.2) is 0 Å². The second-order valence-electron chi connectivity index (χ2n) is 9.30. The first-order valence-electron chi connectivity index (χ1n) is 12.4. The lowest BCUT2D eigenvalue weighted by Gasteiger charge is -2.34. The van der Waals surface area contributed by atoms with Crippen LogP contribution >= 0.6 is 0 Å². The van der Waals surface area contributed by atoms with Crippen LogP contribution in [-0.2, 0) is 14.3 Å². The zero-order chi connectivity index (χ0) is 24.9. The van der Waals surface area contributed by atoms with Gasteiger partial charge in [-0.25, -0.2) is 5.01 Å². The van der Waals surface area contributed by atoms with E-state index >= 15 is 0 Å². The van der Waals surface area contributed by atoms with Gasteiger partial charge in [-0.3, -0.25) is 14.5 Å². The summed E-state index contributed by atoms with van der Waals surface area (Å²) in [5.74, 6) is 0.356. The number of carbonyl (C=O) groups excluding carboxylic acids is 2. The van der Waals surface area contributed by atoms with Crippen molar-refractivity contribution < 1.29 is 19.1 Å². The molecule has 0 bridgehead atoms. The summed E-state index contributed by atoms with van der Waals surface area (Å²) in [6.45, 7) is 7.08. The third-order valence-electron chi connectivity index (χ3n) is 6.88. The van der Waals surface area contributed by atoms with Gasteiger partial charge in [0.05, 0.1) is 32.0 Å². The fraction of sp³-hybridized carbons (Fsp3) is 0.464. The summed E-state index contributed by atoms with van der Waals surface area (Å²) in [4.78, 5) is 28.2. The van der Waals surface area contributed by atoms with Crippen molar-refractivity contribution >= 4 is 17.6 Å². The fourth-order valence-corrected chi connectivity index (χ4v) is 5.07. The summed E-state index contributed by atoms with van der Waals surface area (Å²) in [6, 6.07) is 13.4. The molecule has 2 heterocycles. The van der Waals surface area contributed by atoms with E-state index in [2.05, 4.69) is 32.0 Å². The second-order valence-corrected chi connectivity index (χ2v) is 9.30. The van der Waals surface area contributed by atoms with Gasteiger partial charge in [0, 0.05) is 17.5 Å². The number of ether oxygens (including phenoxy) is 2. The summed E-state index contributed by atoms with van der Waals surface area (Å²) < 4.78 is 10.9. The normalized spacial score (nSPS) is 20.5. The number of likely N-dealkylation sites (tertiary alicyclic amines) is 1. The number of aryl methyl sites for hydroxylation is 2. The number of rotatable bonds is 7. The third-order valence-corrected chi connectivity index (χ3v) is 6.88. The van der Waals surface area contributed by atoms with Gasteiger partial charge in [0.1, 0.15) is 11.8 Å². The summed E-state index contributed by atoms with van der Waals surface area (Å²) in [5, 5.41) is 6.47. The minimum atomic E-state index is -0.387. The Morgan fingerprint density at radius 1 is 1.11 bits per heavy atom. The van der Waals surface area contributed by atoms with E-state index in [1.807, 2.05) is 36.1 Å². The number of carbonyl (C=O) groups is 2. The Hall–Kier alpha value is -3.19. The predicted octanol–water partition coefficient (Wildman–Crippen LogP) is 4.41. The van der Waals surface area contributed by atoms with Gasteiger partial charge in [-0.2, -0.15) is 5.10 Å². The van der Waals surface area contributed by atoms with Crippen molar-refractivity contribution in [1.29, 1.82) is 0 Å². The van der Waals surface area contributed by atoms with Crippen LogP contribution in [0.4, 0.5) is 0 Å². The first-order chi connectivity index (χ1) is 16.9. The highest BCUT2D eigenvalue weighted by molar-refractivity contribution is 6.04. The highest BCUT2D eigenvalue weighted by Gasteiger charge is 2.38. The fourth-order valence-electron chi connectivity index (χ4n) is 5.07. The van der Waals surface area contributed by atoms with Crippen LogP contribution < -0.4 is 4.74 Å². The maximum atomic E-state index is 13.7. The average molecular weight is 478 g/mol. The van der Waals surface area contributed by atoms with Crippen molar-refractivity contribution in [3.8, 4) is 5.75 Å². The van der Waals surface area contributed by atoms with Crippen molar-refractivity contribution in [3.63, 3.8) is 0 Å². The van der Waals surface area contributed by atoms with Crippen molar-refractivity contribution in [2.45, 2.75) is 58.5 Å². The molecular weight excluding hydrogens is 442 g/mol. The van der Waals surface area contributed by atoms with Crippen molar-refractivity contribution in [3.05, 3.63) is 64.7 Å². The molecule has 7 heteroatoms. The molecule has 7 nitrogen and oxygen atoms in total. The number of amides is 1. The number of nitrogens with zero attached hydrogens (tertiary/aromatic N) is 3. The van der Waals surface area contributed by atoms with Gasteiger partial charge in [0.2, 0.25) is 0 Å². The molecule has 186 valence electrons. The molecule has 0 radical (unpaired) electrons. The molecule has 0 N–H and O–H groups in total. The zero-order valence-electron chi connectivity index (χ0n) is 21.1. The third kappa shape index (κ3) is 5.40. The number of hydrogen-bond acceptors (Lipinski definition) is 6. The quantitative estimate of drug-likeness (QED) is 0.553. The Labute approximate surface area is 207 Å². The number of para-hydroxylation sites is 1. The lowest BCUT2D eigenvalue weighted by molar-refractivity contribution is -0.152. The minimum absolute atomic E-state index is 0.124. The van der Waals surface area contributed by atoms with E-state index in [-0.39, 0.29) is 30.5 Å². The second kappa shape index (κ2) is 11.0. The van der Waals surface area contributed by atoms with Crippen molar-refractivity contribution in [2.75, 3.05) is 26.8 Å². The molecule has 0 saturated carbocycles. The summed E-state index contributed by atoms with van der Waals surface area (Å²) in [7, 11) is 1.64. The standard InChI is InChI=1S/C28H35N3O4/c1-5-35-28(33)24-11-8-9-15-30(24)18-27(32)31-25(21-10-6-7-12-26(21)34-4)17-23(29-31)22-16-19(2)13-14-20(22)3/h6-7,10,12-14,16,24-25H,5,8-9,11,15,17-18H2,1-4H3/t24-,25-/m0/s1. The van der Waals surface area contributed by atoms with Crippen LogP contribution in [0.2, 0.25) is 0 Å². The van der Waals surface area contributed by atoms with E-state index in [1.165, 1.54) is 0 Å². The van der Waals surface area contributed by atoms with Crippen LogP contribution in [0.3, 0.4) is 0 Å². The molecule has 1 amide bonds. The Morgan fingerprint density at radius 2 is 1.91 bits per heavy atom. The lowest BCUT2D eigenvalue weighted by Crippen LogP contribution is -2.49. The monoisotopic (exact) mass is 477 g/mol. The van der Waals surface area contributed by atoms with Gasteiger partial charge in [-0.05, 0) is 57.9 Å². The highest BCUT2D eigenvalue weighted by Crippen LogP contribution is 2.38. The zero-order valence-corrected chi connectivity index (χ0v) is 21.1. The minimum Gasteiger partial charge on any atom is -0.496 e. The summed E-state index contributed by atoms with van der Waals surface area (Å²) in [6.07, 6.45) is 3.21. The van der Waals surface area contributed by atoms with Gasteiger partial charge in [-0.15, -0.1) is 0 Å². The molecule has 1 saturated heterocycles. The molecule has 2 aromatic carbocycles. The first-order valence-corrected chi connectivity index (χ1v) is 12.4. The Morgan fingerprint density at radius 3 is 2.69 bits per heavy atom. The van der Waals surface area contributed by atoms with Gasteiger partial charge in [0.25, 0.3) is 5.91 Å². The van der Waals surface area contributed by atoms with E-state index in [9.17, 15) is 9.59 Å². The molecule has 2 atom stereocenters. The molecule has 2 aromatic rings. The van der Waals surface area contributed by atoms with E-state index in [1.54, 1.807) is 12.1 Å². The number of methoxy groups -OCH3 is 1. The molecule has 0 spiro atoms. The topological polar surface area (TPSA) is 71.4 Å². The molecule has 0 aliphatic carbocycles. The number of hydrogen-bond donors (Lipinski definition) is 0. The summed E-state index contributed by atoms with van der Waals surface area (Å²) in [5.41, 5.74) is 5.14. The smallest absolute Gasteiger partial charge is 0.323 e. The van der Waals surface area contributed by atoms with Crippen LogP contribution in [0, 0.1) is 13.8 Å². The number of esters is 1. The average Bonchev–Trinajstić information content (AvgIpc) is 3.31. The van der Waals surface area contributed by atoms with Crippen LogP contribution in [0.25, 0.3) is 0 Å². The van der Waals surface area contributed by atoms with Gasteiger partial charge < -0.3 is 9.47 Å². The van der Waals surface area contributed by atoms with Crippen LogP contribution in [0.15, 0.2) is 47.6 Å². The highest BCUT2D eigenvalue weighted by atomic mass is 16.5. The number of hydrazone groups is 1. The van der Waals surface area contributed by atoms with Crippen LogP contribution in [0.5, 0.6) is 5.75 Å². The molecular formula is C28H35N3O4. The predicted molar refractivity (Wildman–Crippen MR) is 135 cm³/mol. The molecule has 2 aliphatic rings. The van der Waals surface area contributed by atoms with E-state index in [0.717, 1.165) is 46.6 Å². The van der Waals surface area contributed by atoms with E-state index < -0.39 is 0 Å². The Balaban J connectivity index is 1.66. The van der Waals surface area contributed by atoms with E-state index in [4.69, 9.17) is 14.6 Å². The number of benzene rings is 2. The SMILES string of the molecule is CCOC(=O)[C@@H]1CCCCN1CC(=O)N1N=C(c2cc(C)ccc2C)C[C@H]1c1ccccc1OC.